The number of anilines is 1. The number of nitrogens with two attached hydrogens (primary N) is 1. The molecule has 1 amide bonds. The van der Waals surface area contributed by atoms with E-state index in [4.69, 9.17) is 5.73 Å². The molecular formula is C14H14F3N3OS. The van der Waals surface area contributed by atoms with E-state index in [0.717, 1.165) is 17.8 Å². The Bertz CT molecular complexity index is 767. The molecule has 8 heteroatoms. The molecule has 0 radical (unpaired) electrons. The molecule has 0 atom stereocenters. The third-order valence-electron chi connectivity index (χ3n) is 3.90. The first kappa shape index (κ1) is 15.1. The Balaban J connectivity index is 2.36. The second-order valence-corrected chi connectivity index (χ2v) is 6.23. The van der Waals surface area contributed by atoms with Gasteiger partial charge in [0.05, 0.1) is 5.69 Å². The number of amides is 1. The van der Waals surface area contributed by atoms with Crippen LogP contribution in [0.4, 0.5) is 18.9 Å². The highest BCUT2D eigenvalue weighted by molar-refractivity contribution is 7.21. The van der Waals surface area contributed by atoms with Crippen LogP contribution in [0, 0.1) is 0 Å². The summed E-state index contributed by atoms with van der Waals surface area (Å²) in [6.07, 6.45) is -2.10. The van der Waals surface area contributed by atoms with Crippen molar-refractivity contribution in [3.8, 4) is 0 Å². The van der Waals surface area contributed by atoms with Gasteiger partial charge in [0.25, 0.3) is 5.91 Å². The van der Waals surface area contributed by atoms with Crippen LogP contribution in [-0.2, 0) is 19.0 Å². The molecule has 0 saturated carbocycles. The smallest absolute Gasteiger partial charge is 0.397 e. The lowest BCUT2D eigenvalue weighted by molar-refractivity contribution is -0.141. The number of carbonyl (C=O) groups excluding carboxylic acids is 1. The molecule has 4 nitrogen and oxygen atoms in total. The second-order valence-electron chi connectivity index (χ2n) is 5.23. The fourth-order valence-electron chi connectivity index (χ4n) is 2.93. The Morgan fingerprint density at radius 3 is 2.50 bits per heavy atom. The zero-order valence-corrected chi connectivity index (χ0v) is 12.6. The van der Waals surface area contributed by atoms with E-state index in [1.54, 1.807) is 0 Å². The van der Waals surface area contributed by atoms with Gasteiger partial charge in [-0.1, -0.05) is 0 Å². The van der Waals surface area contributed by atoms with Gasteiger partial charge >= 0.3 is 6.18 Å². The molecule has 118 valence electrons. The molecule has 2 aromatic rings. The van der Waals surface area contributed by atoms with Crippen LogP contribution in [0.5, 0.6) is 0 Å². The van der Waals surface area contributed by atoms with E-state index in [0.29, 0.717) is 30.2 Å². The number of aryl methyl sites for hydroxylation is 1. The van der Waals surface area contributed by atoms with Crippen molar-refractivity contribution in [1.82, 2.24) is 10.3 Å². The zero-order valence-electron chi connectivity index (χ0n) is 11.8. The van der Waals surface area contributed by atoms with Crippen molar-refractivity contribution >= 4 is 33.1 Å². The maximum atomic E-state index is 13.3. The number of halogens is 3. The molecule has 0 fully saturated rings. The van der Waals surface area contributed by atoms with Gasteiger partial charge in [-0.15, -0.1) is 11.3 Å². The number of rotatable bonds is 1. The first-order chi connectivity index (χ1) is 10.3. The van der Waals surface area contributed by atoms with Crippen LogP contribution in [0.3, 0.4) is 0 Å². The lowest BCUT2D eigenvalue weighted by Gasteiger charge is -2.21. The summed E-state index contributed by atoms with van der Waals surface area (Å²) < 4.78 is 39.8. The summed E-state index contributed by atoms with van der Waals surface area (Å²) in [5, 5.41) is 2.97. The highest BCUT2D eigenvalue weighted by Gasteiger charge is 2.38. The summed E-state index contributed by atoms with van der Waals surface area (Å²) >= 11 is 0.912. The SMILES string of the molecule is CNC(=O)c1sc2nc(C(F)(F)F)c3c(c2c1N)CCCC3. The van der Waals surface area contributed by atoms with Gasteiger partial charge in [-0.05, 0) is 36.8 Å². The normalized spacial score (nSPS) is 14.9. The number of thiophene rings is 1. The molecule has 2 aromatic heterocycles. The van der Waals surface area contributed by atoms with Crippen molar-refractivity contribution in [3.63, 3.8) is 0 Å². The lowest BCUT2D eigenvalue weighted by atomic mass is 9.88. The highest BCUT2D eigenvalue weighted by Crippen LogP contribution is 2.43. The van der Waals surface area contributed by atoms with Crippen LogP contribution in [0.25, 0.3) is 10.2 Å². The predicted octanol–water partition coefficient (Wildman–Crippen LogP) is 3.14. The van der Waals surface area contributed by atoms with Crippen molar-refractivity contribution < 1.29 is 18.0 Å². The zero-order chi connectivity index (χ0) is 16.1. The number of hydrogen-bond acceptors (Lipinski definition) is 4. The van der Waals surface area contributed by atoms with Crippen LogP contribution < -0.4 is 11.1 Å². The van der Waals surface area contributed by atoms with E-state index in [-0.39, 0.29) is 21.0 Å². The summed E-state index contributed by atoms with van der Waals surface area (Å²) in [5.41, 5.74) is 6.27. The lowest BCUT2D eigenvalue weighted by Crippen LogP contribution is -2.18. The number of alkyl halides is 3. The Hall–Kier alpha value is -1.83. The highest BCUT2D eigenvalue weighted by atomic mass is 32.1. The second kappa shape index (κ2) is 5.12. The van der Waals surface area contributed by atoms with Gasteiger partial charge in [0, 0.05) is 12.4 Å². The topological polar surface area (TPSA) is 68.0 Å². The summed E-state index contributed by atoms with van der Waals surface area (Å²) in [7, 11) is 1.45. The number of carbonyl (C=O) groups is 1. The maximum Gasteiger partial charge on any atom is 0.433 e. The minimum Gasteiger partial charge on any atom is -0.397 e. The third-order valence-corrected chi connectivity index (χ3v) is 5.00. The molecule has 0 bridgehead atoms. The molecule has 3 N–H and O–H groups in total. The molecular weight excluding hydrogens is 315 g/mol. The van der Waals surface area contributed by atoms with Gasteiger partial charge in [-0.3, -0.25) is 4.79 Å². The molecule has 0 spiro atoms. The van der Waals surface area contributed by atoms with Gasteiger partial charge in [-0.2, -0.15) is 13.2 Å². The fraction of sp³-hybridized carbons (Fsp3) is 0.429. The minimum atomic E-state index is -4.50. The van der Waals surface area contributed by atoms with Crippen molar-refractivity contribution in [3.05, 3.63) is 21.7 Å². The van der Waals surface area contributed by atoms with E-state index in [9.17, 15) is 18.0 Å². The average molecular weight is 329 g/mol. The molecule has 0 aliphatic heterocycles. The Morgan fingerprint density at radius 2 is 1.91 bits per heavy atom. The van der Waals surface area contributed by atoms with Gasteiger partial charge in [0.2, 0.25) is 0 Å². The molecule has 22 heavy (non-hydrogen) atoms. The van der Waals surface area contributed by atoms with Crippen LogP contribution in [0.15, 0.2) is 0 Å². The maximum absolute atomic E-state index is 13.3. The first-order valence-electron chi connectivity index (χ1n) is 6.87. The predicted molar refractivity (Wildman–Crippen MR) is 79.1 cm³/mol. The summed E-state index contributed by atoms with van der Waals surface area (Å²) in [4.78, 5) is 16.0. The van der Waals surface area contributed by atoms with Crippen molar-refractivity contribution in [1.29, 1.82) is 0 Å². The van der Waals surface area contributed by atoms with Gasteiger partial charge in [0.1, 0.15) is 15.4 Å². The number of nitrogens with zero attached hydrogens (tertiary/aromatic N) is 1. The average Bonchev–Trinajstić information content (AvgIpc) is 2.82. The van der Waals surface area contributed by atoms with E-state index >= 15 is 0 Å². The van der Waals surface area contributed by atoms with Gasteiger partial charge in [0.15, 0.2) is 0 Å². The number of nitrogen functional groups attached to an aromatic ring is 1. The fourth-order valence-corrected chi connectivity index (χ4v) is 4.00. The van der Waals surface area contributed by atoms with E-state index in [2.05, 4.69) is 10.3 Å². The summed E-state index contributed by atoms with van der Waals surface area (Å²) in [6.45, 7) is 0. The summed E-state index contributed by atoms with van der Waals surface area (Å²) in [5.74, 6) is -0.404. The van der Waals surface area contributed by atoms with Crippen molar-refractivity contribution in [2.75, 3.05) is 12.8 Å². The van der Waals surface area contributed by atoms with E-state index in [1.807, 2.05) is 0 Å². The van der Waals surface area contributed by atoms with Crippen LogP contribution in [0.2, 0.25) is 0 Å². The Labute approximate surface area is 128 Å². The summed E-state index contributed by atoms with van der Waals surface area (Å²) in [6, 6.07) is 0. The van der Waals surface area contributed by atoms with Gasteiger partial charge < -0.3 is 11.1 Å². The molecule has 0 aromatic carbocycles. The van der Waals surface area contributed by atoms with Crippen LogP contribution in [-0.4, -0.2) is 17.9 Å². The Morgan fingerprint density at radius 1 is 1.27 bits per heavy atom. The molecule has 1 aliphatic carbocycles. The molecule has 3 rings (SSSR count). The molecule has 2 heterocycles. The number of aromatic nitrogens is 1. The monoisotopic (exact) mass is 329 g/mol. The number of fused-ring (bicyclic) bond motifs is 3. The Kier molecular flexibility index (Phi) is 3.51. The molecule has 1 aliphatic rings. The van der Waals surface area contributed by atoms with Gasteiger partial charge in [-0.25, -0.2) is 4.98 Å². The van der Waals surface area contributed by atoms with Crippen LogP contribution in [0.1, 0.15) is 39.3 Å². The first-order valence-corrected chi connectivity index (χ1v) is 7.69. The van der Waals surface area contributed by atoms with E-state index < -0.39 is 17.8 Å². The van der Waals surface area contributed by atoms with Crippen molar-refractivity contribution in [2.45, 2.75) is 31.9 Å². The molecule has 0 saturated heterocycles. The van der Waals surface area contributed by atoms with Crippen molar-refractivity contribution in [2.24, 2.45) is 0 Å². The number of pyridine rings is 1. The third kappa shape index (κ3) is 2.22. The van der Waals surface area contributed by atoms with Crippen LogP contribution >= 0.6 is 11.3 Å². The quantitative estimate of drug-likeness (QED) is 0.844. The largest absolute Gasteiger partial charge is 0.433 e. The van der Waals surface area contributed by atoms with E-state index in [1.165, 1.54) is 7.05 Å². The minimum absolute atomic E-state index is 0.184. The standard InChI is InChI=1S/C14H14F3N3OS/c1-19-12(21)10-9(18)8-6-4-2-3-5-7(6)11(14(15,16)17)20-13(8)22-10/h2-5,18H2,1H3,(H,19,21). The number of nitrogens with one attached hydrogen (secondary N) is 1. The molecule has 0 unspecified atom stereocenters. The number of hydrogen-bond donors (Lipinski definition) is 2.